The number of aromatic nitrogens is 3. The number of anilines is 1. The van der Waals surface area contributed by atoms with Crippen molar-refractivity contribution in [3.8, 4) is 17.5 Å². The van der Waals surface area contributed by atoms with Crippen LogP contribution >= 0.6 is 0 Å². The van der Waals surface area contributed by atoms with E-state index in [0.29, 0.717) is 11.8 Å². The van der Waals surface area contributed by atoms with Crippen molar-refractivity contribution in [2.45, 2.75) is 6.54 Å². The van der Waals surface area contributed by atoms with Gasteiger partial charge in [-0.1, -0.05) is 6.07 Å². The predicted molar refractivity (Wildman–Crippen MR) is 106 cm³/mol. The molecular formula is C21H20N4O2. The Balaban J connectivity index is 1.55. The second-order valence-electron chi connectivity index (χ2n) is 6.11. The van der Waals surface area contributed by atoms with Crippen molar-refractivity contribution < 1.29 is 9.47 Å². The molecule has 0 unspecified atom stereocenters. The van der Waals surface area contributed by atoms with Gasteiger partial charge in [-0.25, -0.2) is 9.97 Å². The van der Waals surface area contributed by atoms with Crippen LogP contribution in [-0.2, 0) is 6.54 Å². The molecule has 0 radical (unpaired) electrons. The molecule has 1 N–H and O–H groups in total. The molecule has 0 atom stereocenters. The number of rotatable bonds is 6. The first-order chi connectivity index (χ1) is 13.2. The van der Waals surface area contributed by atoms with Gasteiger partial charge >= 0.3 is 0 Å². The van der Waals surface area contributed by atoms with Gasteiger partial charge in [0.05, 0.1) is 7.11 Å². The van der Waals surface area contributed by atoms with E-state index in [0.717, 1.165) is 34.4 Å². The van der Waals surface area contributed by atoms with Gasteiger partial charge in [0.2, 0.25) is 11.8 Å². The lowest BCUT2D eigenvalue weighted by molar-refractivity contribution is 0.397. The van der Waals surface area contributed by atoms with Crippen molar-refractivity contribution >= 4 is 16.6 Å². The number of hydrogen-bond acceptors (Lipinski definition) is 5. The molecule has 4 aromatic rings. The van der Waals surface area contributed by atoms with E-state index in [9.17, 15) is 0 Å². The maximum atomic E-state index is 5.90. The first-order valence-electron chi connectivity index (χ1n) is 8.64. The minimum Gasteiger partial charge on any atom is -0.481 e. The summed E-state index contributed by atoms with van der Waals surface area (Å²) in [4.78, 5) is 8.52. The molecule has 27 heavy (non-hydrogen) atoms. The fourth-order valence-electron chi connectivity index (χ4n) is 2.94. The van der Waals surface area contributed by atoms with E-state index in [4.69, 9.17) is 9.47 Å². The van der Waals surface area contributed by atoms with Crippen LogP contribution in [0.1, 0.15) is 5.56 Å². The molecule has 136 valence electrons. The number of nitrogens with zero attached hydrogens (tertiary/aromatic N) is 3. The summed E-state index contributed by atoms with van der Waals surface area (Å²) >= 11 is 0. The molecular weight excluding hydrogens is 340 g/mol. The Morgan fingerprint density at radius 3 is 2.70 bits per heavy atom. The summed E-state index contributed by atoms with van der Waals surface area (Å²) in [7, 11) is 3.48. The maximum Gasteiger partial charge on any atom is 0.221 e. The SMILES string of the molecule is CNc1ccnc(Oc2ccc3c(ccn3Cc3ccc(OC)nc3)c2)c1. The molecule has 0 bridgehead atoms. The molecule has 3 heterocycles. The Kier molecular flexibility index (Phi) is 4.61. The van der Waals surface area contributed by atoms with Crippen molar-refractivity contribution in [2.75, 3.05) is 19.5 Å². The minimum atomic E-state index is 0.560. The molecule has 0 aliphatic heterocycles. The largest absolute Gasteiger partial charge is 0.481 e. The zero-order valence-corrected chi connectivity index (χ0v) is 15.2. The van der Waals surface area contributed by atoms with Gasteiger partial charge in [0.15, 0.2) is 0 Å². The van der Waals surface area contributed by atoms with Gasteiger partial charge in [-0.3, -0.25) is 0 Å². The summed E-state index contributed by atoms with van der Waals surface area (Å²) in [5, 5.41) is 4.19. The van der Waals surface area contributed by atoms with E-state index in [1.54, 1.807) is 13.3 Å². The van der Waals surface area contributed by atoms with Crippen molar-refractivity contribution in [3.05, 3.63) is 72.7 Å². The van der Waals surface area contributed by atoms with Crippen molar-refractivity contribution in [2.24, 2.45) is 0 Å². The number of nitrogens with one attached hydrogen (secondary N) is 1. The quantitative estimate of drug-likeness (QED) is 0.555. The van der Waals surface area contributed by atoms with Crippen LogP contribution < -0.4 is 14.8 Å². The van der Waals surface area contributed by atoms with E-state index >= 15 is 0 Å². The number of hydrogen-bond donors (Lipinski definition) is 1. The average molecular weight is 360 g/mol. The van der Waals surface area contributed by atoms with Gasteiger partial charge in [0, 0.05) is 60.9 Å². The van der Waals surface area contributed by atoms with E-state index in [1.807, 2.05) is 49.6 Å². The van der Waals surface area contributed by atoms with Crippen LogP contribution in [0.3, 0.4) is 0 Å². The third-order valence-corrected chi connectivity index (χ3v) is 4.35. The highest BCUT2D eigenvalue weighted by molar-refractivity contribution is 5.81. The van der Waals surface area contributed by atoms with Crippen LogP contribution in [0, 0.1) is 0 Å². The average Bonchev–Trinajstić information content (AvgIpc) is 3.10. The normalized spacial score (nSPS) is 10.7. The molecule has 6 nitrogen and oxygen atoms in total. The van der Waals surface area contributed by atoms with Crippen LogP contribution in [0.2, 0.25) is 0 Å². The fourth-order valence-corrected chi connectivity index (χ4v) is 2.94. The Morgan fingerprint density at radius 2 is 1.93 bits per heavy atom. The van der Waals surface area contributed by atoms with Gasteiger partial charge < -0.3 is 19.4 Å². The Labute approximate surface area is 157 Å². The standard InChI is InChI=1S/C21H20N4O2/c1-22-17-7-9-23-21(12-17)27-18-4-5-19-16(11-18)8-10-25(19)14-15-3-6-20(26-2)24-13-15/h3-13H,14H2,1-2H3,(H,22,23). The van der Waals surface area contributed by atoms with Crippen LogP contribution in [0.4, 0.5) is 5.69 Å². The zero-order valence-electron chi connectivity index (χ0n) is 15.2. The number of fused-ring (bicyclic) bond motifs is 1. The monoisotopic (exact) mass is 360 g/mol. The zero-order chi connectivity index (χ0) is 18.6. The van der Waals surface area contributed by atoms with E-state index in [2.05, 4.69) is 38.2 Å². The molecule has 0 amide bonds. The maximum absolute atomic E-state index is 5.90. The van der Waals surface area contributed by atoms with Gasteiger partial charge in [-0.05, 0) is 35.9 Å². The van der Waals surface area contributed by atoms with E-state index < -0.39 is 0 Å². The summed E-state index contributed by atoms with van der Waals surface area (Å²) in [6.07, 6.45) is 5.63. The smallest absolute Gasteiger partial charge is 0.221 e. The minimum absolute atomic E-state index is 0.560. The molecule has 4 rings (SSSR count). The molecule has 0 saturated carbocycles. The van der Waals surface area contributed by atoms with Gasteiger partial charge in [0.25, 0.3) is 0 Å². The summed E-state index contributed by atoms with van der Waals surface area (Å²) in [6.45, 7) is 0.743. The Bertz CT molecular complexity index is 1060. The fraction of sp³-hybridized carbons (Fsp3) is 0.143. The molecule has 0 spiro atoms. The Morgan fingerprint density at radius 1 is 1.00 bits per heavy atom. The number of methoxy groups -OCH3 is 1. The predicted octanol–water partition coefficient (Wildman–Crippen LogP) is 4.32. The second-order valence-corrected chi connectivity index (χ2v) is 6.11. The highest BCUT2D eigenvalue weighted by Gasteiger charge is 2.06. The first kappa shape index (κ1) is 16.9. The van der Waals surface area contributed by atoms with Crippen LogP contribution in [-0.4, -0.2) is 28.7 Å². The van der Waals surface area contributed by atoms with Crippen molar-refractivity contribution in [3.63, 3.8) is 0 Å². The topological polar surface area (TPSA) is 61.2 Å². The molecule has 6 heteroatoms. The third kappa shape index (κ3) is 3.69. The van der Waals surface area contributed by atoms with Crippen molar-refractivity contribution in [1.29, 1.82) is 0 Å². The van der Waals surface area contributed by atoms with Crippen LogP contribution in [0.25, 0.3) is 10.9 Å². The van der Waals surface area contributed by atoms with Gasteiger partial charge in [0.1, 0.15) is 5.75 Å². The molecule has 0 aliphatic carbocycles. The highest BCUT2D eigenvalue weighted by atomic mass is 16.5. The van der Waals surface area contributed by atoms with Crippen LogP contribution in [0.5, 0.6) is 17.5 Å². The number of ether oxygens (including phenoxy) is 2. The third-order valence-electron chi connectivity index (χ3n) is 4.35. The lowest BCUT2D eigenvalue weighted by Gasteiger charge is -2.08. The van der Waals surface area contributed by atoms with Gasteiger partial charge in [-0.15, -0.1) is 0 Å². The lowest BCUT2D eigenvalue weighted by atomic mass is 10.2. The summed E-state index contributed by atoms with van der Waals surface area (Å²) in [5.74, 6) is 1.94. The summed E-state index contributed by atoms with van der Waals surface area (Å²) in [5.41, 5.74) is 3.21. The molecule has 0 fully saturated rings. The molecule has 3 aromatic heterocycles. The molecule has 0 aliphatic rings. The lowest BCUT2D eigenvalue weighted by Crippen LogP contribution is -1.99. The summed E-state index contributed by atoms with van der Waals surface area (Å²) in [6, 6.07) is 15.8. The van der Waals surface area contributed by atoms with E-state index in [-0.39, 0.29) is 0 Å². The number of benzene rings is 1. The Hall–Kier alpha value is -3.54. The summed E-state index contributed by atoms with van der Waals surface area (Å²) < 4.78 is 13.2. The van der Waals surface area contributed by atoms with E-state index in [1.165, 1.54) is 0 Å². The second kappa shape index (κ2) is 7.37. The number of pyridine rings is 2. The van der Waals surface area contributed by atoms with Crippen molar-refractivity contribution in [1.82, 2.24) is 14.5 Å². The molecule has 0 saturated heterocycles. The van der Waals surface area contributed by atoms with Crippen LogP contribution in [0.15, 0.2) is 67.1 Å². The van der Waals surface area contributed by atoms with Gasteiger partial charge in [-0.2, -0.15) is 0 Å². The molecule has 1 aromatic carbocycles. The highest BCUT2D eigenvalue weighted by Crippen LogP contribution is 2.27. The first-order valence-corrected chi connectivity index (χ1v) is 8.64.